The van der Waals surface area contributed by atoms with Crippen LogP contribution in [0.25, 0.3) is 0 Å². The van der Waals surface area contributed by atoms with E-state index in [-0.39, 0.29) is 0 Å². The van der Waals surface area contributed by atoms with E-state index >= 15 is 0 Å². The molecule has 0 aliphatic carbocycles. The lowest BCUT2D eigenvalue weighted by molar-refractivity contribution is 0.253. The van der Waals surface area contributed by atoms with Gasteiger partial charge in [-0.1, -0.05) is 26.0 Å². The number of nitrogens with zero attached hydrogens (tertiary/aromatic N) is 1. The number of ether oxygens (including phenoxy) is 2. The largest absolute Gasteiger partial charge is 0.493 e. The third-order valence-electron chi connectivity index (χ3n) is 3.20. The van der Waals surface area contributed by atoms with Crippen molar-refractivity contribution in [2.45, 2.75) is 19.9 Å². The average Bonchev–Trinajstić information content (AvgIpc) is 2.42. The maximum Gasteiger partial charge on any atom is 0.161 e. The lowest BCUT2D eigenvalue weighted by Crippen LogP contribution is -2.43. The van der Waals surface area contributed by atoms with Crippen LogP contribution in [0.5, 0.6) is 11.5 Å². The van der Waals surface area contributed by atoms with Crippen molar-refractivity contribution in [1.82, 2.24) is 10.2 Å². The summed E-state index contributed by atoms with van der Waals surface area (Å²) in [7, 11) is 5.86. The van der Waals surface area contributed by atoms with Gasteiger partial charge in [0.2, 0.25) is 0 Å². The van der Waals surface area contributed by atoms with E-state index in [9.17, 15) is 0 Å². The summed E-state index contributed by atoms with van der Waals surface area (Å²) < 4.78 is 11.0. The number of para-hydroxylation sites is 2. The monoisotopic (exact) mass is 280 g/mol. The average molecular weight is 280 g/mol. The van der Waals surface area contributed by atoms with E-state index in [1.807, 2.05) is 24.3 Å². The molecule has 0 amide bonds. The van der Waals surface area contributed by atoms with E-state index < -0.39 is 0 Å². The Kier molecular flexibility index (Phi) is 7.41. The van der Waals surface area contributed by atoms with Crippen molar-refractivity contribution in [2.75, 3.05) is 40.9 Å². The Labute approximate surface area is 123 Å². The third kappa shape index (κ3) is 5.80. The van der Waals surface area contributed by atoms with Crippen molar-refractivity contribution in [3.63, 3.8) is 0 Å². The Morgan fingerprint density at radius 1 is 1.15 bits per heavy atom. The zero-order valence-electron chi connectivity index (χ0n) is 13.3. The van der Waals surface area contributed by atoms with E-state index in [4.69, 9.17) is 9.47 Å². The second-order valence-corrected chi connectivity index (χ2v) is 5.57. The molecule has 0 bridgehead atoms. The molecule has 1 rings (SSSR count). The molecule has 0 spiro atoms. The lowest BCUT2D eigenvalue weighted by Gasteiger charge is -2.25. The van der Waals surface area contributed by atoms with Gasteiger partial charge in [-0.05, 0) is 32.1 Å². The fraction of sp³-hybridized carbons (Fsp3) is 0.625. The van der Waals surface area contributed by atoms with E-state index in [0.29, 0.717) is 18.6 Å². The molecule has 20 heavy (non-hydrogen) atoms. The van der Waals surface area contributed by atoms with Gasteiger partial charge < -0.3 is 19.7 Å². The predicted octanol–water partition coefficient (Wildman–Crippen LogP) is 2.25. The molecule has 1 aromatic carbocycles. The van der Waals surface area contributed by atoms with Gasteiger partial charge in [0, 0.05) is 19.1 Å². The fourth-order valence-corrected chi connectivity index (χ4v) is 2.05. The van der Waals surface area contributed by atoms with Gasteiger partial charge in [-0.3, -0.25) is 0 Å². The predicted molar refractivity (Wildman–Crippen MR) is 83.7 cm³/mol. The van der Waals surface area contributed by atoms with Gasteiger partial charge in [0.15, 0.2) is 11.5 Å². The number of rotatable bonds is 9. The molecule has 0 aromatic heterocycles. The molecule has 0 saturated heterocycles. The quantitative estimate of drug-likeness (QED) is 0.704. The Morgan fingerprint density at radius 3 is 2.35 bits per heavy atom. The highest BCUT2D eigenvalue weighted by atomic mass is 16.5. The van der Waals surface area contributed by atoms with Crippen LogP contribution in [0.4, 0.5) is 0 Å². The minimum Gasteiger partial charge on any atom is -0.493 e. The second kappa shape index (κ2) is 8.82. The van der Waals surface area contributed by atoms with Crippen molar-refractivity contribution < 1.29 is 9.47 Å². The molecular weight excluding hydrogens is 252 g/mol. The van der Waals surface area contributed by atoms with Crippen LogP contribution in [0.2, 0.25) is 0 Å². The van der Waals surface area contributed by atoms with Crippen LogP contribution < -0.4 is 14.8 Å². The van der Waals surface area contributed by atoms with Crippen LogP contribution in [0.3, 0.4) is 0 Å². The summed E-state index contributed by atoms with van der Waals surface area (Å²) in [6.45, 7) is 6.97. The number of hydrogen-bond donors (Lipinski definition) is 1. The number of nitrogens with one attached hydrogen (secondary N) is 1. The van der Waals surface area contributed by atoms with Crippen molar-refractivity contribution in [3.05, 3.63) is 24.3 Å². The zero-order valence-corrected chi connectivity index (χ0v) is 13.3. The first kappa shape index (κ1) is 16.8. The SMILES string of the molecule is COc1ccccc1OCCNC(CN(C)C)C(C)C. The van der Waals surface area contributed by atoms with Gasteiger partial charge in [0.05, 0.1) is 7.11 Å². The van der Waals surface area contributed by atoms with Crippen LogP contribution in [0, 0.1) is 5.92 Å². The standard InChI is InChI=1S/C16H28N2O2/c1-13(2)14(12-18(3)4)17-10-11-20-16-9-7-6-8-15(16)19-5/h6-9,13-14,17H,10-12H2,1-5H3. The van der Waals surface area contributed by atoms with E-state index in [1.54, 1.807) is 7.11 Å². The van der Waals surface area contributed by atoms with Gasteiger partial charge in [-0.25, -0.2) is 0 Å². The van der Waals surface area contributed by atoms with Crippen molar-refractivity contribution >= 4 is 0 Å². The topological polar surface area (TPSA) is 33.7 Å². The van der Waals surface area contributed by atoms with Crippen LogP contribution in [0.1, 0.15) is 13.8 Å². The maximum atomic E-state index is 5.76. The van der Waals surface area contributed by atoms with Gasteiger partial charge in [0.25, 0.3) is 0 Å². The molecule has 0 fully saturated rings. The van der Waals surface area contributed by atoms with Gasteiger partial charge >= 0.3 is 0 Å². The first-order valence-electron chi connectivity index (χ1n) is 7.18. The van der Waals surface area contributed by atoms with Gasteiger partial charge in [-0.2, -0.15) is 0 Å². The molecule has 0 saturated carbocycles. The number of hydrogen-bond acceptors (Lipinski definition) is 4. The van der Waals surface area contributed by atoms with Gasteiger partial charge in [0.1, 0.15) is 6.61 Å². The highest BCUT2D eigenvalue weighted by Crippen LogP contribution is 2.25. The molecule has 4 heteroatoms. The molecule has 0 aliphatic heterocycles. The molecule has 0 heterocycles. The molecule has 0 radical (unpaired) electrons. The van der Waals surface area contributed by atoms with Crippen molar-refractivity contribution in [1.29, 1.82) is 0 Å². The first-order chi connectivity index (χ1) is 9.54. The molecule has 1 N–H and O–H groups in total. The molecule has 1 aromatic rings. The number of benzene rings is 1. The molecule has 1 atom stereocenters. The normalized spacial score (nSPS) is 12.8. The minimum absolute atomic E-state index is 0.478. The van der Waals surface area contributed by atoms with E-state index in [0.717, 1.165) is 24.6 Å². The summed E-state index contributed by atoms with van der Waals surface area (Å²) in [6, 6.07) is 8.21. The fourth-order valence-electron chi connectivity index (χ4n) is 2.05. The Morgan fingerprint density at radius 2 is 1.80 bits per heavy atom. The molecular formula is C16H28N2O2. The van der Waals surface area contributed by atoms with Crippen LogP contribution >= 0.6 is 0 Å². The summed E-state index contributed by atoms with van der Waals surface area (Å²) in [6.07, 6.45) is 0. The van der Waals surface area contributed by atoms with Gasteiger partial charge in [-0.15, -0.1) is 0 Å². The smallest absolute Gasteiger partial charge is 0.161 e. The zero-order chi connectivity index (χ0) is 15.0. The van der Waals surface area contributed by atoms with Crippen LogP contribution in [-0.2, 0) is 0 Å². The number of methoxy groups -OCH3 is 1. The Balaban J connectivity index is 2.36. The molecule has 114 valence electrons. The highest BCUT2D eigenvalue weighted by molar-refractivity contribution is 5.39. The number of likely N-dealkylation sites (N-methyl/N-ethyl adjacent to an activating group) is 1. The Hall–Kier alpha value is -1.26. The van der Waals surface area contributed by atoms with Crippen molar-refractivity contribution in [3.8, 4) is 11.5 Å². The summed E-state index contributed by atoms with van der Waals surface area (Å²) in [5.74, 6) is 2.18. The maximum absolute atomic E-state index is 5.76. The van der Waals surface area contributed by atoms with Crippen LogP contribution in [0.15, 0.2) is 24.3 Å². The highest BCUT2D eigenvalue weighted by Gasteiger charge is 2.13. The summed E-state index contributed by atoms with van der Waals surface area (Å²) in [5.41, 5.74) is 0. The van der Waals surface area contributed by atoms with Crippen LogP contribution in [-0.4, -0.2) is 51.8 Å². The second-order valence-electron chi connectivity index (χ2n) is 5.57. The summed E-state index contributed by atoms with van der Waals surface area (Å²) in [4.78, 5) is 2.21. The van der Waals surface area contributed by atoms with Crippen molar-refractivity contribution in [2.24, 2.45) is 5.92 Å². The molecule has 4 nitrogen and oxygen atoms in total. The van der Waals surface area contributed by atoms with E-state index in [1.165, 1.54) is 0 Å². The third-order valence-corrected chi connectivity index (χ3v) is 3.20. The molecule has 1 unspecified atom stereocenters. The lowest BCUT2D eigenvalue weighted by atomic mass is 10.0. The first-order valence-corrected chi connectivity index (χ1v) is 7.18. The van der Waals surface area contributed by atoms with E-state index in [2.05, 4.69) is 38.2 Å². The molecule has 0 aliphatic rings. The summed E-state index contributed by atoms with van der Waals surface area (Å²) >= 11 is 0. The minimum atomic E-state index is 0.478. The summed E-state index contributed by atoms with van der Waals surface area (Å²) in [5, 5.41) is 3.55. The Bertz CT molecular complexity index is 380.